The minimum atomic E-state index is -3.92. The number of likely N-dealkylation sites (N-methyl/N-ethyl adjacent to an activating group) is 1. The SMILES string of the molecule is CCNC(=O)C(Cc1ccccc1)N(Cc1cccc(Br)c1)C(=O)CN(c1cccc(C(C)=O)c1)S(C)(=O)=O. The van der Waals surface area contributed by atoms with Gasteiger partial charge >= 0.3 is 0 Å². The number of carbonyl (C=O) groups excluding carboxylic acids is 3. The number of hydrogen-bond donors (Lipinski definition) is 1. The van der Waals surface area contributed by atoms with Crippen LogP contribution in [-0.2, 0) is 32.6 Å². The predicted octanol–water partition coefficient (Wildman–Crippen LogP) is 4.19. The van der Waals surface area contributed by atoms with Crippen LogP contribution in [0.15, 0.2) is 83.3 Å². The van der Waals surface area contributed by atoms with Crippen molar-refractivity contribution in [3.05, 3.63) is 100 Å². The molecule has 0 radical (unpaired) electrons. The summed E-state index contributed by atoms with van der Waals surface area (Å²) < 4.78 is 27.5. The van der Waals surface area contributed by atoms with Gasteiger partial charge in [0.2, 0.25) is 21.8 Å². The van der Waals surface area contributed by atoms with Gasteiger partial charge in [-0.2, -0.15) is 0 Å². The molecule has 3 rings (SSSR count). The number of ketones is 1. The molecule has 0 aromatic heterocycles. The summed E-state index contributed by atoms with van der Waals surface area (Å²) in [6, 6.07) is 22.0. The molecule has 0 heterocycles. The third-order valence-corrected chi connectivity index (χ3v) is 7.72. The van der Waals surface area contributed by atoms with E-state index in [0.717, 1.165) is 26.2 Å². The number of anilines is 1. The van der Waals surface area contributed by atoms with Gasteiger partial charge in [-0.3, -0.25) is 18.7 Å². The van der Waals surface area contributed by atoms with Gasteiger partial charge in [0, 0.05) is 29.5 Å². The number of nitrogens with zero attached hydrogens (tertiary/aromatic N) is 2. The smallest absolute Gasteiger partial charge is 0.244 e. The first-order valence-corrected chi connectivity index (χ1v) is 15.1. The summed E-state index contributed by atoms with van der Waals surface area (Å²) in [5, 5.41) is 2.82. The van der Waals surface area contributed by atoms with E-state index in [0.29, 0.717) is 12.1 Å². The molecule has 10 heteroatoms. The van der Waals surface area contributed by atoms with E-state index in [2.05, 4.69) is 21.2 Å². The highest BCUT2D eigenvalue weighted by Gasteiger charge is 2.33. The number of hydrogen-bond acceptors (Lipinski definition) is 5. The maximum Gasteiger partial charge on any atom is 0.244 e. The number of nitrogens with one attached hydrogen (secondary N) is 1. The summed E-state index contributed by atoms with van der Waals surface area (Å²) >= 11 is 3.45. The van der Waals surface area contributed by atoms with Crippen LogP contribution < -0.4 is 9.62 Å². The Bertz CT molecular complexity index is 1430. The van der Waals surface area contributed by atoms with Gasteiger partial charge in [-0.15, -0.1) is 0 Å². The molecule has 0 aliphatic carbocycles. The van der Waals surface area contributed by atoms with Crippen LogP contribution in [0.1, 0.15) is 35.3 Å². The van der Waals surface area contributed by atoms with Gasteiger partial charge in [0.1, 0.15) is 12.6 Å². The topological polar surface area (TPSA) is 104 Å². The standard InChI is InChI=1S/C29H32BrN3O5S/c1-4-31-29(36)27(17-22-10-6-5-7-11-22)32(19-23-12-8-14-25(30)16-23)28(35)20-33(39(3,37)38)26-15-9-13-24(18-26)21(2)34/h5-16,18,27H,4,17,19-20H2,1-3H3,(H,31,36). The molecule has 1 atom stereocenters. The average molecular weight is 615 g/mol. The fourth-order valence-corrected chi connectivity index (χ4v) is 5.46. The second kappa shape index (κ2) is 13.5. The number of halogens is 1. The van der Waals surface area contributed by atoms with Crippen molar-refractivity contribution in [1.82, 2.24) is 10.2 Å². The number of carbonyl (C=O) groups is 3. The molecule has 1 N–H and O–H groups in total. The molecule has 0 bridgehead atoms. The molecule has 0 saturated carbocycles. The van der Waals surface area contributed by atoms with Crippen molar-refractivity contribution >= 4 is 49.2 Å². The van der Waals surface area contributed by atoms with E-state index < -0.39 is 28.5 Å². The molecule has 0 aliphatic rings. The fraction of sp³-hybridized carbons (Fsp3) is 0.276. The number of rotatable bonds is 12. The highest BCUT2D eigenvalue weighted by molar-refractivity contribution is 9.10. The van der Waals surface area contributed by atoms with Gasteiger partial charge < -0.3 is 10.2 Å². The normalized spacial score (nSPS) is 11.9. The summed E-state index contributed by atoms with van der Waals surface area (Å²) in [6.07, 6.45) is 1.25. The predicted molar refractivity (Wildman–Crippen MR) is 156 cm³/mol. The summed E-state index contributed by atoms with van der Waals surface area (Å²) in [5.74, 6) is -1.12. The first-order chi connectivity index (χ1) is 18.5. The molecule has 206 valence electrons. The lowest BCUT2D eigenvalue weighted by Crippen LogP contribution is -2.53. The Hall–Kier alpha value is -3.50. The summed E-state index contributed by atoms with van der Waals surface area (Å²) in [4.78, 5) is 40.7. The van der Waals surface area contributed by atoms with Gasteiger partial charge in [-0.1, -0.05) is 70.5 Å². The lowest BCUT2D eigenvalue weighted by molar-refractivity contribution is -0.140. The van der Waals surface area contributed by atoms with Crippen molar-refractivity contribution in [2.75, 3.05) is 23.7 Å². The molecule has 0 fully saturated rings. The summed E-state index contributed by atoms with van der Waals surface area (Å²) in [5.41, 5.74) is 2.14. The Morgan fingerprint density at radius 2 is 1.59 bits per heavy atom. The van der Waals surface area contributed by atoms with Crippen LogP contribution in [0.3, 0.4) is 0 Å². The van der Waals surface area contributed by atoms with Crippen molar-refractivity contribution in [3.8, 4) is 0 Å². The Kier molecular flexibility index (Phi) is 10.4. The van der Waals surface area contributed by atoms with E-state index in [-0.39, 0.29) is 30.3 Å². The highest BCUT2D eigenvalue weighted by atomic mass is 79.9. The molecular weight excluding hydrogens is 582 g/mol. The maximum absolute atomic E-state index is 14.0. The summed E-state index contributed by atoms with van der Waals surface area (Å²) in [6.45, 7) is 3.09. The number of sulfonamides is 1. The first kappa shape index (κ1) is 30.0. The third-order valence-electron chi connectivity index (χ3n) is 6.08. The zero-order chi connectivity index (χ0) is 28.6. The Labute approximate surface area is 238 Å². The molecule has 39 heavy (non-hydrogen) atoms. The molecule has 1 unspecified atom stereocenters. The molecule has 3 aromatic carbocycles. The van der Waals surface area contributed by atoms with Crippen molar-refractivity contribution < 1.29 is 22.8 Å². The van der Waals surface area contributed by atoms with Gasteiger partial charge in [-0.25, -0.2) is 8.42 Å². The number of benzene rings is 3. The van der Waals surface area contributed by atoms with Gasteiger partial charge in [-0.05, 0) is 49.2 Å². The van der Waals surface area contributed by atoms with Crippen LogP contribution in [0.25, 0.3) is 0 Å². The first-order valence-electron chi connectivity index (χ1n) is 12.4. The largest absolute Gasteiger partial charge is 0.355 e. The van der Waals surface area contributed by atoms with Crippen molar-refractivity contribution in [2.45, 2.75) is 32.9 Å². The van der Waals surface area contributed by atoms with Crippen LogP contribution in [0.5, 0.6) is 0 Å². The van der Waals surface area contributed by atoms with Gasteiger partial charge in [0.15, 0.2) is 5.78 Å². The van der Waals surface area contributed by atoms with Gasteiger partial charge in [0.25, 0.3) is 0 Å². The minimum absolute atomic E-state index is 0.0813. The average Bonchev–Trinajstić information content (AvgIpc) is 2.89. The van der Waals surface area contributed by atoms with Crippen molar-refractivity contribution in [2.24, 2.45) is 0 Å². The minimum Gasteiger partial charge on any atom is -0.355 e. The summed E-state index contributed by atoms with van der Waals surface area (Å²) in [7, 11) is -3.92. The molecule has 0 spiro atoms. The highest BCUT2D eigenvalue weighted by Crippen LogP contribution is 2.22. The van der Waals surface area contributed by atoms with Crippen LogP contribution >= 0.6 is 15.9 Å². The van der Waals surface area contributed by atoms with E-state index in [4.69, 9.17) is 0 Å². The van der Waals surface area contributed by atoms with E-state index in [9.17, 15) is 22.8 Å². The second-order valence-corrected chi connectivity index (χ2v) is 12.0. The zero-order valence-electron chi connectivity index (χ0n) is 22.1. The Balaban J connectivity index is 2.06. The van der Waals surface area contributed by atoms with E-state index >= 15 is 0 Å². The van der Waals surface area contributed by atoms with Crippen LogP contribution in [-0.4, -0.2) is 56.3 Å². The van der Waals surface area contributed by atoms with Crippen LogP contribution in [0.4, 0.5) is 5.69 Å². The van der Waals surface area contributed by atoms with E-state index in [1.165, 1.54) is 24.0 Å². The molecule has 0 saturated heterocycles. The van der Waals surface area contributed by atoms with Crippen molar-refractivity contribution in [3.63, 3.8) is 0 Å². The zero-order valence-corrected chi connectivity index (χ0v) is 24.5. The molecule has 3 aromatic rings. The van der Waals surface area contributed by atoms with E-state index in [1.54, 1.807) is 19.1 Å². The van der Waals surface area contributed by atoms with Gasteiger partial charge in [0.05, 0.1) is 11.9 Å². The fourth-order valence-electron chi connectivity index (χ4n) is 4.17. The molecule has 0 aliphatic heterocycles. The molecule has 8 nitrogen and oxygen atoms in total. The quantitative estimate of drug-likeness (QED) is 0.308. The van der Waals surface area contributed by atoms with Crippen LogP contribution in [0.2, 0.25) is 0 Å². The lowest BCUT2D eigenvalue weighted by Gasteiger charge is -2.33. The Morgan fingerprint density at radius 3 is 2.21 bits per heavy atom. The molecular formula is C29H32BrN3O5S. The van der Waals surface area contributed by atoms with Crippen molar-refractivity contribution in [1.29, 1.82) is 0 Å². The monoisotopic (exact) mass is 613 g/mol. The number of Topliss-reactive ketones (excluding diaryl/α,β-unsaturated/α-hetero) is 1. The van der Waals surface area contributed by atoms with Crippen LogP contribution in [0, 0.1) is 0 Å². The Morgan fingerprint density at radius 1 is 0.923 bits per heavy atom. The van der Waals surface area contributed by atoms with E-state index in [1.807, 2.05) is 54.6 Å². The second-order valence-electron chi connectivity index (χ2n) is 9.13. The maximum atomic E-state index is 14.0. The third kappa shape index (κ3) is 8.49. The molecule has 2 amide bonds. The lowest BCUT2D eigenvalue weighted by atomic mass is 10.0. The number of amides is 2.